The molecule has 0 bridgehead atoms. The summed E-state index contributed by atoms with van der Waals surface area (Å²) in [4.78, 5) is 16.5. The Kier molecular flexibility index (Phi) is 5.49. The van der Waals surface area contributed by atoms with Crippen molar-refractivity contribution in [2.45, 2.75) is 13.5 Å². The minimum atomic E-state index is -0.192. The fraction of sp³-hybridized carbons (Fsp3) is 0.143. The maximum atomic E-state index is 12.2. The van der Waals surface area contributed by atoms with Crippen LogP contribution in [0.25, 0.3) is 0 Å². The minimum absolute atomic E-state index is 0.192. The number of hydrogen-bond donors (Lipinski definition) is 2. The molecule has 1 amide bonds. The molecular formula is C21H21N3O2. The van der Waals surface area contributed by atoms with E-state index in [-0.39, 0.29) is 5.91 Å². The molecule has 0 aliphatic heterocycles. The van der Waals surface area contributed by atoms with E-state index in [2.05, 4.69) is 21.7 Å². The lowest BCUT2D eigenvalue weighted by atomic mass is 10.1. The number of hydrogen-bond acceptors (Lipinski definition) is 4. The van der Waals surface area contributed by atoms with Crippen molar-refractivity contribution in [2.75, 3.05) is 12.4 Å². The minimum Gasteiger partial charge on any atom is -0.497 e. The van der Waals surface area contributed by atoms with Gasteiger partial charge in [0.2, 0.25) is 0 Å². The van der Waals surface area contributed by atoms with Gasteiger partial charge in [-0.05, 0) is 48.9 Å². The van der Waals surface area contributed by atoms with Crippen LogP contribution in [-0.2, 0) is 6.54 Å². The Morgan fingerprint density at radius 2 is 1.81 bits per heavy atom. The van der Waals surface area contributed by atoms with Crippen molar-refractivity contribution in [3.05, 3.63) is 83.7 Å². The molecule has 0 spiro atoms. The molecule has 5 nitrogen and oxygen atoms in total. The summed E-state index contributed by atoms with van der Waals surface area (Å²) >= 11 is 0. The van der Waals surface area contributed by atoms with E-state index in [1.165, 1.54) is 5.56 Å². The Balaban J connectivity index is 1.58. The summed E-state index contributed by atoms with van der Waals surface area (Å²) in [6.45, 7) is 2.51. The normalized spacial score (nSPS) is 10.2. The van der Waals surface area contributed by atoms with Gasteiger partial charge in [-0.1, -0.05) is 29.8 Å². The highest BCUT2D eigenvalue weighted by Crippen LogP contribution is 2.19. The summed E-state index contributed by atoms with van der Waals surface area (Å²) in [5.74, 6) is 0.608. The predicted octanol–water partition coefficient (Wildman–Crippen LogP) is 4.07. The van der Waals surface area contributed by atoms with Crippen LogP contribution in [0.3, 0.4) is 0 Å². The third kappa shape index (κ3) is 4.60. The second-order valence-corrected chi connectivity index (χ2v) is 5.96. The van der Waals surface area contributed by atoms with Crippen LogP contribution in [0.1, 0.15) is 21.6 Å². The zero-order chi connectivity index (χ0) is 18.4. The first-order chi connectivity index (χ1) is 12.6. The van der Waals surface area contributed by atoms with E-state index >= 15 is 0 Å². The monoisotopic (exact) mass is 347 g/mol. The standard InChI is InChI=1S/C21H21N3O2/c1-15-4-3-5-16(12-15)13-23-21(25)20-11-8-18(14-22-20)24-17-6-9-19(26-2)10-7-17/h3-12,14,24H,13H2,1-2H3,(H,23,25). The van der Waals surface area contributed by atoms with Crippen molar-refractivity contribution in [3.8, 4) is 5.75 Å². The number of rotatable bonds is 6. The second-order valence-electron chi connectivity index (χ2n) is 5.96. The first kappa shape index (κ1) is 17.5. The number of anilines is 2. The number of aromatic nitrogens is 1. The van der Waals surface area contributed by atoms with Gasteiger partial charge in [0.05, 0.1) is 19.0 Å². The average Bonchev–Trinajstić information content (AvgIpc) is 2.67. The lowest BCUT2D eigenvalue weighted by Crippen LogP contribution is -2.23. The number of methoxy groups -OCH3 is 1. The first-order valence-electron chi connectivity index (χ1n) is 8.35. The van der Waals surface area contributed by atoms with E-state index in [9.17, 15) is 4.79 Å². The highest BCUT2D eigenvalue weighted by atomic mass is 16.5. The SMILES string of the molecule is COc1ccc(Nc2ccc(C(=O)NCc3cccc(C)c3)nc2)cc1. The summed E-state index contributed by atoms with van der Waals surface area (Å²) in [5, 5.41) is 6.12. The van der Waals surface area contributed by atoms with Crippen LogP contribution < -0.4 is 15.4 Å². The molecule has 2 N–H and O–H groups in total. The smallest absolute Gasteiger partial charge is 0.270 e. The lowest BCUT2D eigenvalue weighted by Gasteiger charge is -2.09. The van der Waals surface area contributed by atoms with Gasteiger partial charge < -0.3 is 15.4 Å². The van der Waals surface area contributed by atoms with Gasteiger partial charge in [-0.15, -0.1) is 0 Å². The van der Waals surface area contributed by atoms with E-state index in [0.717, 1.165) is 22.7 Å². The van der Waals surface area contributed by atoms with Crippen LogP contribution in [0.4, 0.5) is 11.4 Å². The van der Waals surface area contributed by atoms with Crippen molar-refractivity contribution in [1.29, 1.82) is 0 Å². The molecule has 0 fully saturated rings. The Morgan fingerprint density at radius 3 is 2.46 bits per heavy atom. The summed E-state index contributed by atoms with van der Waals surface area (Å²) in [7, 11) is 1.63. The van der Waals surface area contributed by atoms with E-state index in [1.807, 2.05) is 55.5 Å². The van der Waals surface area contributed by atoms with Crippen LogP contribution in [0.15, 0.2) is 66.9 Å². The van der Waals surface area contributed by atoms with Gasteiger partial charge in [0.1, 0.15) is 11.4 Å². The maximum absolute atomic E-state index is 12.2. The van der Waals surface area contributed by atoms with E-state index in [4.69, 9.17) is 4.74 Å². The van der Waals surface area contributed by atoms with Crippen molar-refractivity contribution in [1.82, 2.24) is 10.3 Å². The predicted molar refractivity (Wildman–Crippen MR) is 103 cm³/mol. The Hall–Kier alpha value is -3.34. The average molecular weight is 347 g/mol. The molecule has 0 atom stereocenters. The first-order valence-corrected chi connectivity index (χ1v) is 8.35. The Bertz CT molecular complexity index is 875. The zero-order valence-electron chi connectivity index (χ0n) is 14.8. The zero-order valence-corrected chi connectivity index (χ0v) is 14.8. The molecule has 0 aliphatic rings. The van der Waals surface area contributed by atoms with Crippen molar-refractivity contribution in [3.63, 3.8) is 0 Å². The van der Waals surface area contributed by atoms with Gasteiger partial charge in [0, 0.05) is 12.2 Å². The molecule has 1 aromatic heterocycles. The molecule has 3 aromatic rings. The van der Waals surface area contributed by atoms with Crippen LogP contribution in [0.2, 0.25) is 0 Å². The molecule has 0 unspecified atom stereocenters. The summed E-state index contributed by atoms with van der Waals surface area (Å²) in [5.41, 5.74) is 4.35. The third-order valence-electron chi connectivity index (χ3n) is 3.91. The van der Waals surface area contributed by atoms with Gasteiger partial charge in [-0.2, -0.15) is 0 Å². The maximum Gasteiger partial charge on any atom is 0.270 e. The van der Waals surface area contributed by atoms with Crippen molar-refractivity contribution in [2.24, 2.45) is 0 Å². The summed E-state index contributed by atoms with van der Waals surface area (Å²) in [6.07, 6.45) is 1.64. The highest BCUT2D eigenvalue weighted by Gasteiger charge is 2.07. The summed E-state index contributed by atoms with van der Waals surface area (Å²) in [6, 6.07) is 19.2. The molecule has 2 aromatic carbocycles. The van der Waals surface area contributed by atoms with Gasteiger partial charge in [-0.3, -0.25) is 4.79 Å². The molecule has 0 aliphatic carbocycles. The lowest BCUT2D eigenvalue weighted by molar-refractivity contribution is 0.0946. The van der Waals surface area contributed by atoms with Gasteiger partial charge >= 0.3 is 0 Å². The van der Waals surface area contributed by atoms with E-state index in [1.54, 1.807) is 19.4 Å². The molecule has 1 heterocycles. The van der Waals surface area contributed by atoms with Gasteiger partial charge in [-0.25, -0.2) is 4.98 Å². The Morgan fingerprint density at radius 1 is 1.04 bits per heavy atom. The molecule has 3 rings (SSSR count). The molecular weight excluding hydrogens is 326 g/mol. The van der Waals surface area contributed by atoms with E-state index < -0.39 is 0 Å². The number of amides is 1. The molecule has 26 heavy (non-hydrogen) atoms. The van der Waals surface area contributed by atoms with Gasteiger partial charge in [0.25, 0.3) is 5.91 Å². The number of aryl methyl sites for hydroxylation is 1. The number of ether oxygens (including phenoxy) is 1. The quantitative estimate of drug-likeness (QED) is 0.705. The molecule has 0 radical (unpaired) electrons. The number of carbonyl (C=O) groups excluding carboxylic acids is 1. The molecule has 5 heteroatoms. The molecule has 0 saturated heterocycles. The fourth-order valence-corrected chi connectivity index (χ4v) is 2.54. The van der Waals surface area contributed by atoms with Crippen LogP contribution in [0.5, 0.6) is 5.75 Å². The van der Waals surface area contributed by atoms with Crippen molar-refractivity contribution >= 4 is 17.3 Å². The highest BCUT2D eigenvalue weighted by molar-refractivity contribution is 5.92. The van der Waals surface area contributed by atoms with Crippen LogP contribution in [-0.4, -0.2) is 18.0 Å². The van der Waals surface area contributed by atoms with Crippen LogP contribution >= 0.6 is 0 Å². The number of benzene rings is 2. The number of nitrogens with zero attached hydrogens (tertiary/aromatic N) is 1. The Labute approximate surface area is 153 Å². The van der Waals surface area contributed by atoms with Crippen LogP contribution in [0, 0.1) is 6.92 Å². The summed E-state index contributed by atoms with van der Waals surface area (Å²) < 4.78 is 5.14. The third-order valence-corrected chi connectivity index (χ3v) is 3.91. The topological polar surface area (TPSA) is 63.2 Å². The molecule has 0 saturated carbocycles. The van der Waals surface area contributed by atoms with E-state index in [0.29, 0.717) is 12.2 Å². The van der Waals surface area contributed by atoms with Crippen molar-refractivity contribution < 1.29 is 9.53 Å². The largest absolute Gasteiger partial charge is 0.497 e. The van der Waals surface area contributed by atoms with Gasteiger partial charge in [0.15, 0.2) is 0 Å². The number of carbonyl (C=O) groups is 1. The fourth-order valence-electron chi connectivity index (χ4n) is 2.54. The second kappa shape index (κ2) is 8.16. The number of nitrogens with one attached hydrogen (secondary N) is 2. The number of pyridine rings is 1. The molecule has 132 valence electrons.